The molecule has 1 fully saturated rings. The van der Waals surface area contributed by atoms with Crippen molar-refractivity contribution in [2.45, 2.75) is 26.5 Å². The molecule has 1 atom stereocenters. The smallest absolute Gasteiger partial charge is 0.194 e. The Morgan fingerprint density at radius 3 is 2.82 bits per heavy atom. The number of guanidine groups is 1. The van der Waals surface area contributed by atoms with Gasteiger partial charge < -0.3 is 19.9 Å². The number of pyridine rings is 1. The van der Waals surface area contributed by atoms with Crippen molar-refractivity contribution in [1.82, 2.24) is 15.2 Å². The maximum absolute atomic E-state index is 6.08. The van der Waals surface area contributed by atoms with Gasteiger partial charge in [-0.25, -0.2) is 4.98 Å². The molecule has 150 valence electrons. The van der Waals surface area contributed by atoms with Crippen LogP contribution in [0.4, 0.5) is 5.82 Å². The first-order valence-corrected chi connectivity index (χ1v) is 9.74. The number of anilines is 1. The Hall–Kier alpha value is -2.60. The van der Waals surface area contributed by atoms with Crippen LogP contribution in [0.1, 0.15) is 28.4 Å². The SMILES string of the molecule is CN=C(NCc1ccnc(N(C)C)c1)N1CCOC(c2ccc(C)cc2C)C1. The van der Waals surface area contributed by atoms with Gasteiger partial charge in [-0.15, -0.1) is 0 Å². The predicted molar refractivity (Wildman–Crippen MR) is 115 cm³/mol. The largest absolute Gasteiger partial charge is 0.370 e. The van der Waals surface area contributed by atoms with E-state index in [0.717, 1.165) is 24.9 Å². The van der Waals surface area contributed by atoms with Crippen LogP contribution in [-0.4, -0.2) is 56.7 Å². The summed E-state index contributed by atoms with van der Waals surface area (Å²) in [5.41, 5.74) is 5.00. The zero-order valence-corrected chi connectivity index (χ0v) is 17.6. The number of nitrogens with zero attached hydrogens (tertiary/aromatic N) is 4. The molecule has 1 aliphatic rings. The zero-order chi connectivity index (χ0) is 20.1. The zero-order valence-electron chi connectivity index (χ0n) is 17.6. The molecule has 0 saturated carbocycles. The molecule has 1 aromatic heterocycles. The third kappa shape index (κ3) is 4.81. The van der Waals surface area contributed by atoms with Gasteiger partial charge in [0.15, 0.2) is 5.96 Å². The van der Waals surface area contributed by atoms with Crippen LogP contribution < -0.4 is 10.2 Å². The highest BCUT2D eigenvalue weighted by Crippen LogP contribution is 2.26. The molecule has 6 nitrogen and oxygen atoms in total. The van der Waals surface area contributed by atoms with Gasteiger partial charge >= 0.3 is 0 Å². The minimum atomic E-state index is 0.0640. The van der Waals surface area contributed by atoms with Crippen LogP contribution in [0.5, 0.6) is 0 Å². The van der Waals surface area contributed by atoms with Gasteiger partial charge in [-0.1, -0.05) is 23.8 Å². The van der Waals surface area contributed by atoms with Gasteiger partial charge in [-0.2, -0.15) is 0 Å². The summed E-state index contributed by atoms with van der Waals surface area (Å²) in [6.07, 6.45) is 1.91. The van der Waals surface area contributed by atoms with Gasteiger partial charge in [0.25, 0.3) is 0 Å². The second-order valence-electron chi connectivity index (χ2n) is 7.48. The summed E-state index contributed by atoms with van der Waals surface area (Å²) in [4.78, 5) is 13.2. The molecular formula is C22H31N5O. The van der Waals surface area contributed by atoms with E-state index in [1.807, 2.05) is 38.3 Å². The number of benzene rings is 1. The van der Waals surface area contributed by atoms with Crippen molar-refractivity contribution in [2.75, 3.05) is 45.7 Å². The fraction of sp³-hybridized carbons (Fsp3) is 0.455. The Morgan fingerprint density at radius 1 is 1.29 bits per heavy atom. The number of nitrogens with one attached hydrogen (secondary N) is 1. The third-order valence-corrected chi connectivity index (χ3v) is 5.07. The second-order valence-corrected chi connectivity index (χ2v) is 7.48. The summed E-state index contributed by atoms with van der Waals surface area (Å²) in [5, 5.41) is 3.49. The summed E-state index contributed by atoms with van der Waals surface area (Å²) in [6, 6.07) is 10.7. The molecule has 2 heterocycles. The number of hydrogen-bond donors (Lipinski definition) is 1. The molecule has 0 radical (unpaired) electrons. The molecule has 2 aromatic rings. The molecule has 28 heavy (non-hydrogen) atoms. The number of hydrogen-bond acceptors (Lipinski definition) is 4. The van der Waals surface area contributed by atoms with Gasteiger partial charge in [-0.3, -0.25) is 4.99 Å². The maximum Gasteiger partial charge on any atom is 0.194 e. The molecule has 0 spiro atoms. The molecule has 1 unspecified atom stereocenters. The van der Waals surface area contributed by atoms with Crippen LogP contribution in [0.15, 0.2) is 41.5 Å². The highest BCUT2D eigenvalue weighted by Gasteiger charge is 2.25. The van der Waals surface area contributed by atoms with Crippen LogP contribution in [0.2, 0.25) is 0 Å². The first-order valence-electron chi connectivity index (χ1n) is 9.74. The summed E-state index contributed by atoms with van der Waals surface area (Å²) < 4.78 is 6.08. The molecule has 6 heteroatoms. The summed E-state index contributed by atoms with van der Waals surface area (Å²) in [6.45, 7) is 7.31. The van der Waals surface area contributed by atoms with Crippen LogP contribution in [0, 0.1) is 13.8 Å². The normalized spacial score (nSPS) is 17.5. The number of aryl methyl sites for hydroxylation is 2. The van der Waals surface area contributed by atoms with Crippen molar-refractivity contribution in [1.29, 1.82) is 0 Å². The number of aromatic nitrogens is 1. The van der Waals surface area contributed by atoms with Crippen molar-refractivity contribution in [3.05, 3.63) is 58.8 Å². The first kappa shape index (κ1) is 20.1. The van der Waals surface area contributed by atoms with Crippen molar-refractivity contribution in [3.63, 3.8) is 0 Å². The molecule has 0 amide bonds. The summed E-state index contributed by atoms with van der Waals surface area (Å²) in [5.74, 6) is 1.86. The van der Waals surface area contributed by atoms with E-state index < -0.39 is 0 Å². The van der Waals surface area contributed by atoms with E-state index in [1.54, 1.807) is 0 Å². The lowest BCUT2D eigenvalue weighted by Gasteiger charge is -2.36. The number of ether oxygens (including phenoxy) is 1. The number of rotatable bonds is 4. The summed E-state index contributed by atoms with van der Waals surface area (Å²) >= 11 is 0. The van der Waals surface area contributed by atoms with Crippen LogP contribution in [0.25, 0.3) is 0 Å². The molecule has 1 aliphatic heterocycles. The van der Waals surface area contributed by atoms with Crippen molar-refractivity contribution in [3.8, 4) is 0 Å². The monoisotopic (exact) mass is 381 g/mol. The van der Waals surface area contributed by atoms with Gasteiger partial charge in [0.2, 0.25) is 0 Å². The lowest BCUT2D eigenvalue weighted by Crippen LogP contribution is -2.48. The van der Waals surface area contributed by atoms with Crippen molar-refractivity contribution >= 4 is 11.8 Å². The lowest BCUT2D eigenvalue weighted by atomic mass is 10.00. The average molecular weight is 382 g/mol. The highest BCUT2D eigenvalue weighted by atomic mass is 16.5. The number of aliphatic imine (C=N–C) groups is 1. The van der Waals surface area contributed by atoms with E-state index in [0.29, 0.717) is 13.2 Å². The maximum atomic E-state index is 6.08. The van der Waals surface area contributed by atoms with E-state index >= 15 is 0 Å². The van der Waals surface area contributed by atoms with Gasteiger partial charge in [-0.05, 0) is 42.7 Å². The van der Waals surface area contributed by atoms with Gasteiger partial charge in [0.05, 0.1) is 13.2 Å². The Labute approximate surface area is 168 Å². The van der Waals surface area contributed by atoms with E-state index in [1.165, 1.54) is 22.3 Å². The Balaban J connectivity index is 1.66. The average Bonchev–Trinajstić information content (AvgIpc) is 2.69. The van der Waals surface area contributed by atoms with E-state index in [9.17, 15) is 0 Å². The minimum Gasteiger partial charge on any atom is -0.370 e. The van der Waals surface area contributed by atoms with E-state index in [-0.39, 0.29) is 6.10 Å². The molecule has 1 N–H and O–H groups in total. The van der Waals surface area contributed by atoms with Crippen LogP contribution in [0.3, 0.4) is 0 Å². The lowest BCUT2D eigenvalue weighted by molar-refractivity contribution is -0.00834. The predicted octanol–water partition coefficient (Wildman–Crippen LogP) is 2.91. The van der Waals surface area contributed by atoms with Crippen LogP contribution >= 0.6 is 0 Å². The first-order chi connectivity index (χ1) is 13.5. The number of morpholine rings is 1. The fourth-order valence-corrected chi connectivity index (χ4v) is 3.55. The molecule has 3 rings (SSSR count). The van der Waals surface area contributed by atoms with Gasteiger partial charge in [0, 0.05) is 40.4 Å². The Kier molecular flexibility index (Phi) is 6.52. The summed E-state index contributed by atoms with van der Waals surface area (Å²) in [7, 11) is 5.83. The van der Waals surface area contributed by atoms with Gasteiger partial charge in [0.1, 0.15) is 11.9 Å². The Bertz CT molecular complexity index is 833. The molecular weight excluding hydrogens is 350 g/mol. The van der Waals surface area contributed by atoms with Crippen LogP contribution in [-0.2, 0) is 11.3 Å². The topological polar surface area (TPSA) is 53.0 Å². The van der Waals surface area contributed by atoms with E-state index in [2.05, 4.69) is 58.3 Å². The molecule has 1 aromatic carbocycles. The molecule has 0 aliphatic carbocycles. The quantitative estimate of drug-likeness (QED) is 0.652. The fourth-order valence-electron chi connectivity index (χ4n) is 3.55. The van der Waals surface area contributed by atoms with Crippen molar-refractivity contribution in [2.24, 2.45) is 4.99 Å². The van der Waals surface area contributed by atoms with Crippen molar-refractivity contribution < 1.29 is 4.74 Å². The molecule has 1 saturated heterocycles. The third-order valence-electron chi connectivity index (χ3n) is 5.07. The Morgan fingerprint density at radius 2 is 2.11 bits per heavy atom. The highest BCUT2D eigenvalue weighted by molar-refractivity contribution is 5.80. The molecule has 0 bridgehead atoms. The van der Waals surface area contributed by atoms with E-state index in [4.69, 9.17) is 4.74 Å². The second kappa shape index (κ2) is 9.06. The standard InChI is InChI=1S/C22H31N5O/c1-16-6-7-19(17(2)12-16)20-15-27(10-11-28-20)22(23-3)25-14-18-8-9-24-21(13-18)26(4)5/h6-9,12-13,20H,10-11,14-15H2,1-5H3,(H,23,25). The minimum absolute atomic E-state index is 0.0640.